The molecule has 86 valence electrons. The molecule has 0 aliphatic rings. The number of rotatable bonds is 2. The fourth-order valence-corrected chi connectivity index (χ4v) is 1.25. The fourth-order valence-electron chi connectivity index (χ4n) is 1.03. The maximum atomic E-state index is 12.4. The number of hydrogen-bond acceptors (Lipinski definition) is 3. The molecule has 0 radical (unpaired) electrons. The topological polar surface area (TPSA) is 69.5 Å². The lowest BCUT2D eigenvalue weighted by Crippen LogP contribution is -2.16. The molecule has 0 spiro atoms. The van der Waals surface area contributed by atoms with E-state index < -0.39 is 34.3 Å². The van der Waals surface area contributed by atoms with E-state index in [-0.39, 0.29) is 0 Å². The maximum Gasteiger partial charge on any atom is 0.433 e. The number of nitriles is 1. The number of H-pyrrole nitrogens is 1. The molecule has 4 nitrogen and oxygen atoms in total. The number of ketones is 1. The van der Waals surface area contributed by atoms with Crippen LogP contribution in [0.1, 0.15) is 23.0 Å². The van der Waals surface area contributed by atoms with Crippen molar-refractivity contribution < 1.29 is 18.0 Å². The highest BCUT2D eigenvalue weighted by Crippen LogP contribution is 2.34. The number of Topliss-reactive ketones (excluding diaryl/α,β-unsaturated/α-hetero) is 1. The van der Waals surface area contributed by atoms with Gasteiger partial charge in [-0.15, -0.1) is 0 Å². The minimum Gasteiger partial charge on any atom is -0.293 e. The lowest BCUT2D eigenvalue weighted by atomic mass is 10.0. The maximum absolute atomic E-state index is 12.4. The minimum atomic E-state index is -4.76. The van der Waals surface area contributed by atoms with E-state index in [0.29, 0.717) is 0 Å². The fraction of sp³-hybridized carbons (Fsp3) is 0.375. The third kappa shape index (κ3) is 2.17. The average Bonchev–Trinajstić information content (AvgIpc) is 2.57. The summed E-state index contributed by atoms with van der Waals surface area (Å²) in [6, 6.07) is 1.54. The number of carbonyl (C=O) groups excluding carboxylic acids is 1. The van der Waals surface area contributed by atoms with Gasteiger partial charge in [0, 0.05) is 0 Å². The zero-order chi connectivity index (χ0) is 12.5. The molecule has 1 unspecified atom stereocenters. The molecule has 1 aromatic heterocycles. The number of nitrogens with zero attached hydrogens (tertiary/aromatic N) is 2. The Morgan fingerprint density at radius 2 is 2.19 bits per heavy atom. The molecule has 1 rings (SSSR count). The summed E-state index contributed by atoms with van der Waals surface area (Å²) in [5.41, 5.74) is -2.12. The number of hydrogen-bond donors (Lipinski definition) is 1. The molecule has 1 heterocycles. The molecule has 0 bridgehead atoms. The molecule has 1 aromatic rings. The molecule has 0 aliphatic carbocycles. The Morgan fingerprint density at radius 3 is 2.62 bits per heavy atom. The molecule has 0 aromatic carbocycles. The Balaban J connectivity index is 3.29. The van der Waals surface area contributed by atoms with Crippen LogP contribution >= 0.6 is 11.6 Å². The number of carbonyl (C=O) groups is 1. The molecule has 8 heteroatoms. The van der Waals surface area contributed by atoms with Crippen LogP contribution < -0.4 is 0 Å². The number of halogens is 4. The smallest absolute Gasteiger partial charge is 0.293 e. The zero-order valence-electron chi connectivity index (χ0n) is 7.89. The predicted molar refractivity (Wildman–Crippen MR) is 47.7 cm³/mol. The zero-order valence-corrected chi connectivity index (χ0v) is 8.65. The lowest BCUT2D eigenvalue weighted by Gasteiger charge is -2.07. The van der Waals surface area contributed by atoms with Crippen LogP contribution in [-0.2, 0) is 6.18 Å². The summed E-state index contributed by atoms with van der Waals surface area (Å²) < 4.78 is 37.3. The second-order valence-electron chi connectivity index (χ2n) is 2.98. The van der Waals surface area contributed by atoms with E-state index in [4.69, 9.17) is 16.9 Å². The summed E-state index contributed by atoms with van der Waals surface area (Å²) in [6.45, 7) is 1.19. The number of aromatic nitrogens is 2. The van der Waals surface area contributed by atoms with Gasteiger partial charge in [0.25, 0.3) is 0 Å². The second kappa shape index (κ2) is 4.14. The third-order valence-electron chi connectivity index (χ3n) is 1.84. The first-order chi connectivity index (χ1) is 7.29. The molecule has 1 atom stereocenters. The van der Waals surface area contributed by atoms with Crippen LogP contribution in [0.5, 0.6) is 0 Å². The summed E-state index contributed by atoms with van der Waals surface area (Å²) >= 11 is 5.37. The van der Waals surface area contributed by atoms with Gasteiger partial charge in [0.15, 0.2) is 16.6 Å². The predicted octanol–water partition coefficient (Wildman–Crippen LogP) is 2.42. The van der Waals surface area contributed by atoms with Gasteiger partial charge in [-0.2, -0.15) is 23.5 Å². The molecular formula is C8H5ClF3N3O. The Bertz CT molecular complexity index is 460. The van der Waals surface area contributed by atoms with Gasteiger partial charge >= 0.3 is 6.18 Å². The van der Waals surface area contributed by atoms with E-state index in [0.717, 1.165) is 0 Å². The Hall–Kier alpha value is -1.55. The van der Waals surface area contributed by atoms with Crippen molar-refractivity contribution in [1.29, 1.82) is 5.26 Å². The molecule has 0 fully saturated rings. The van der Waals surface area contributed by atoms with Crippen molar-refractivity contribution in [3.63, 3.8) is 0 Å². The lowest BCUT2D eigenvalue weighted by molar-refractivity contribution is -0.141. The number of nitrogens with one attached hydrogen (secondary N) is 1. The van der Waals surface area contributed by atoms with Gasteiger partial charge in [-0.1, -0.05) is 11.6 Å². The van der Waals surface area contributed by atoms with Crippen molar-refractivity contribution in [3.05, 3.63) is 16.4 Å². The Morgan fingerprint density at radius 1 is 1.62 bits per heavy atom. The Labute approximate surface area is 93.0 Å². The normalized spacial score (nSPS) is 13.2. The van der Waals surface area contributed by atoms with E-state index in [2.05, 4.69) is 5.10 Å². The summed E-state index contributed by atoms with van der Waals surface area (Å²) in [7, 11) is 0. The first-order valence-electron chi connectivity index (χ1n) is 4.04. The van der Waals surface area contributed by atoms with Gasteiger partial charge in [0.05, 0.1) is 11.6 Å². The van der Waals surface area contributed by atoms with Crippen LogP contribution in [0.3, 0.4) is 0 Å². The van der Waals surface area contributed by atoms with Gasteiger partial charge < -0.3 is 0 Å². The van der Waals surface area contributed by atoms with Crippen molar-refractivity contribution >= 4 is 17.4 Å². The molecule has 0 saturated carbocycles. The quantitative estimate of drug-likeness (QED) is 0.821. The molecule has 0 aliphatic heterocycles. The molecule has 0 saturated heterocycles. The van der Waals surface area contributed by atoms with Crippen LogP contribution in [0.4, 0.5) is 13.2 Å². The first kappa shape index (κ1) is 12.5. The SMILES string of the molecule is CC(C#N)C(=O)c1c(Cl)n[nH]c1C(F)(F)F. The van der Waals surface area contributed by atoms with E-state index in [1.54, 1.807) is 11.2 Å². The van der Waals surface area contributed by atoms with Gasteiger partial charge in [-0.25, -0.2) is 0 Å². The van der Waals surface area contributed by atoms with E-state index in [1.807, 2.05) is 0 Å². The standard InChI is InChI=1S/C8H5ClF3N3O/c1-3(2-13)5(16)4-6(8(10,11)12)14-15-7(4)9/h3H,1H3,(H,14,15). The second-order valence-corrected chi connectivity index (χ2v) is 3.34. The number of alkyl halides is 3. The van der Waals surface area contributed by atoms with Crippen LogP contribution in [0.15, 0.2) is 0 Å². The van der Waals surface area contributed by atoms with Crippen molar-refractivity contribution in [3.8, 4) is 6.07 Å². The molecule has 16 heavy (non-hydrogen) atoms. The van der Waals surface area contributed by atoms with E-state index >= 15 is 0 Å². The number of aromatic amines is 1. The van der Waals surface area contributed by atoms with Crippen molar-refractivity contribution in [2.45, 2.75) is 13.1 Å². The van der Waals surface area contributed by atoms with Crippen LogP contribution in [0.25, 0.3) is 0 Å². The molecule has 1 N–H and O–H groups in total. The van der Waals surface area contributed by atoms with Crippen LogP contribution in [0, 0.1) is 17.2 Å². The van der Waals surface area contributed by atoms with E-state index in [9.17, 15) is 18.0 Å². The monoisotopic (exact) mass is 251 g/mol. The van der Waals surface area contributed by atoms with Crippen LogP contribution in [-0.4, -0.2) is 16.0 Å². The third-order valence-corrected chi connectivity index (χ3v) is 2.11. The minimum absolute atomic E-state index is 0.584. The summed E-state index contributed by atoms with van der Waals surface area (Å²) in [5, 5.41) is 12.6. The molecule has 0 amide bonds. The van der Waals surface area contributed by atoms with E-state index in [1.165, 1.54) is 6.92 Å². The largest absolute Gasteiger partial charge is 0.433 e. The summed E-state index contributed by atoms with van der Waals surface area (Å²) in [4.78, 5) is 11.5. The van der Waals surface area contributed by atoms with Crippen molar-refractivity contribution in [2.24, 2.45) is 5.92 Å². The Kier molecular flexibility index (Phi) is 3.24. The average molecular weight is 252 g/mol. The highest BCUT2D eigenvalue weighted by molar-refractivity contribution is 6.33. The highest BCUT2D eigenvalue weighted by Gasteiger charge is 2.40. The van der Waals surface area contributed by atoms with Gasteiger partial charge in [-0.3, -0.25) is 9.89 Å². The summed E-state index contributed by atoms with van der Waals surface area (Å²) in [6.07, 6.45) is -4.76. The van der Waals surface area contributed by atoms with Gasteiger partial charge in [-0.05, 0) is 6.92 Å². The molecular weight excluding hydrogens is 247 g/mol. The summed E-state index contributed by atoms with van der Waals surface area (Å²) in [5.74, 6) is -2.22. The van der Waals surface area contributed by atoms with Crippen LogP contribution in [0.2, 0.25) is 5.15 Å². The first-order valence-corrected chi connectivity index (χ1v) is 4.41. The van der Waals surface area contributed by atoms with Crippen molar-refractivity contribution in [2.75, 3.05) is 0 Å². The van der Waals surface area contributed by atoms with Crippen molar-refractivity contribution in [1.82, 2.24) is 10.2 Å². The van der Waals surface area contributed by atoms with Gasteiger partial charge in [0.1, 0.15) is 5.92 Å². The highest BCUT2D eigenvalue weighted by atomic mass is 35.5. The van der Waals surface area contributed by atoms with Gasteiger partial charge in [0.2, 0.25) is 0 Å².